The highest BCUT2D eigenvalue weighted by molar-refractivity contribution is 5.94. The third-order valence-corrected chi connectivity index (χ3v) is 4.11. The molecule has 0 aliphatic heterocycles. The molecule has 2 unspecified atom stereocenters. The van der Waals surface area contributed by atoms with Crippen LogP contribution in [0.2, 0.25) is 0 Å². The summed E-state index contributed by atoms with van der Waals surface area (Å²) >= 11 is 0. The number of hydrogen-bond acceptors (Lipinski definition) is 5. The molecule has 2 atom stereocenters. The van der Waals surface area contributed by atoms with Gasteiger partial charge in [-0.1, -0.05) is 24.3 Å². The van der Waals surface area contributed by atoms with E-state index in [0.29, 0.717) is 17.5 Å². The topological polar surface area (TPSA) is 98.5 Å². The van der Waals surface area contributed by atoms with Crippen molar-refractivity contribution in [2.24, 2.45) is 0 Å². The first-order valence-electron chi connectivity index (χ1n) is 7.76. The van der Waals surface area contributed by atoms with Crippen molar-refractivity contribution in [1.82, 2.24) is 5.32 Å². The van der Waals surface area contributed by atoms with Crippen molar-refractivity contribution >= 4 is 17.6 Å². The van der Waals surface area contributed by atoms with E-state index in [4.69, 9.17) is 4.74 Å². The molecule has 1 N–H and O–H groups in total. The van der Waals surface area contributed by atoms with Crippen LogP contribution in [0, 0.1) is 10.1 Å². The van der Waals surface area contributed by atoms with Gasteiger partial charge in [-0.05, 0) is 23.3 Å². The number of nitro groups is 1. The van der Waals surface area contributed by atoms with Gasteiger partial charge < -0.3 is 10.1 Å². The third-order valence-electron chi connectivity index (χ3n) is 4.11. The van der Waals surface area contributed by atoms with Gasteiger partial charge in [-0.3, -0.25) is 19.7 Å². The van der Waals surface area contributed by atoms with Crippen molar-refractivity contribution in [1.29, 1.82) is 0 Å². The Labute approximate surface area is 143 Å². The Balaban J connectivity index is 1.93. The van der Waals surface area contributed by atoms with Crippen LogP contribution < -0.4 is 5.32 Å². The molecular weight excluding hydrogens is 324 g/mol. The first-order valence-corrected chi connectivity index (χ1v) is 7.76. The zero-order chi connectivity index (χ0) is 18.0. The normalized spacial score (nSPS) is 18.3. The van der Waals surface area contributed by atoms with Crippen LogP contribution in [-0.4, -0.2) is 22.9 Å². The molecule has 0 radical (unpaired) electrons. The maximum Gasteiger partial charge on any atom is 0.302 e. The van der Waals surface area contributed by atoms with Crippen molar-refractivity contribution in [2.45, 2.75) is 25.5 Å². The van der Waals surface area contributed by atoms with E-state index in [1.54, 1.807) is 36.4 Å². The predicted octanol–water partition coefficient (Wildman–Crippen LogP) is 2.55. The smallest absolute Gasteiger partial charge is 0.302 e. The maximum absolute atomic E-state index is 12.5. The first-order chi connectivity index (χ1) is 12.0. The molecule has 0 saturated heterocycles. The van der Waals surface area contributed by atoms with E-state index >= 15 is 0 Å². The number of rotatable bonds is 4. The SMILES string of the molecule is CC(=O)OC1Cc2ccc([N+](=O)[O-])cc2C1NC(=O)c1ccccc1. The number of ether oxygens (including phenoxy) is 1. The van der Waals surface area contributed by atoms with Crippen molar-refractivity contribution in [2.75, 3.05) is 0 Å². The second-order valence-electron chi connectivity index (χ2n) is 5.81. The lowest BCUT2D eigenvalue weighted by atomic mass is 10.1. The van der Waals surface area contributed by atoms with Crippen LogP contribution in [0.25, 0.3) is 0 Å². The van der Waals surface area contributed by atoms with Gasteiger partial charge in [0.1, 0.15) is 6.10 Å². The summed E-state index contributed by atoms with van der Waals surface area (Å²) in [6, 6.07) is 12.5. The highest BCUT2D eigenvalue weighted by Crippen LogP contribution is 2.36. The molecular formula is C18H16N2O5. The molecule has 25 heavy (non-hydrogen) atoms. The Bertz CT molecular complexity index is 835. The average molecular weight is 340 g/mol. The lowest BCUT2D eigenvalue weighted by molar-refractivity contribution is -0.384. The van der Waals surface area contributed by atoms with Gasteiger partial charge in [0.25, 0.3) is 11.6 Å². The van der Waals surface area contributed by atoms with Crippen LogP contribution in [-0.2, 0) is 16.0 Å². The molecule has 2 aromatic carbocycles. The van der Waals surface area contributed by atoms with E-state index in [2.05, 4.69) is 5.32 Å². The van der Waals surface area contributed by atoms with Crippen LogP contribution >= 0.6 is 0 Å². The summed E-state index contributed by atoms with van der Waals surface area (Å²) in [5.41, 5.74) is 1.81. The minimum atomic E-state index is -0.633. The molecule has 0 aromatic heterocycles. The number of non-ortho nitro benzene ring substituents is 1. The van der Waals surface area contributed by atoms with Crippen molar-refractivity contribution in [3.05, 3.63) is 75.3 Å². The summed E-state index contributed by atoms with van der Waals surface area (Å²) in [6.45, 7) is 1.29. The zero-order valence-corrected chi connectivity index (χ0v) is 13.5. The molecule has 7 nitrogen and oxygen atoms in total. The van der Waals surface area contributed by atoms with Gasteiger partial charge >= 0.3 is 5.97 Å². The van der Waals surface area contributed by atoms with Crippen molar-refractivity contribution in [3.8, 4) is 0 Å². The number of amides is 1. The summed E-state index contributed by atoms with van der Waals surface area (Å²) in [5, 5.41) is 13.9. The first kappa shape index (κ1) is 16.6. The summed E-state index contributed by atoms with van der Waals surface area (Å²) in [7, 11) is 0. The standard InChI is InChI=1S/C18H16N2O5/c1-11(21)25-16-9-13-7-8-14(20(23)24)10-15(13)17(16)19-18(22)12-5-3-2-4-6-12/h2-8,10,16-17H,9H2,1H3,(H,19,22). The predicted molar refractivity (Wildman–Crippen MR) is 89.0 cm³/mol. The number of fused-ring (bicyclic) bond motifs is 1. The highest BCUT2D eigenvalue weighted by atomic mass is 16.6. The Morgan fingerprint density at radius 1 is 1.20 bits per heavy atom. The van der Waals surface area contributed by atoms with Crippen LogP contribution in [0.1, 0.15) is 34.5 Å². The molecule has 1 aliphatic rings. The second-order valence-corrected chi connectivity index (χ2v) is 5.81. The molecule has 1 aliphatic carbocycles. The van der Waals surface area contributed by atoms with E-state index < -0.39 is 23.0 Å². The van der Waals surface area contributed by atoms with Crippen LogP contribution in [0.5, 0.6) is 0 Å². The minimum absolute atomic E-state index is 0.0683. The van der Waals surface area contributed by atoms with E-state index in [-0.39, 0.29) is 11.6 Å². The Hall–Kier alpha value is -3.22. The number of carbonyl (C=O) groups is 2. The fourth-order valence-corrected chi connectivity index (χ4v) is 3.01. The fraction of sp³-hybridized carbons (Fsp3) is 0.222. The fourth-order valence-electron chi connectivity index (χ4n) is 3.01. The molecule has 128 valence electrons. The maximum atomic E-state index is 12.5. The van der Waals surface area contributed by atoms with Gasteiger partial charge in [0.05, 0.1) is 11.0 Å². The molecule has 7 heteroatoms. The lowest BCUT2D eigenvalue weighted by Crippen LogP contribution is -2.36. The largest absolute Gasteiger partial charge is 0.460 e. The van der Waals surface area contributed by atoms with Crippen molar-refractivity contribution < 1.29 is 19.2 Å². The van der Waals surface area contributed by atoms with Gasteiger partial charge in [-0.25, -0.2) is 0 Å². The van der Waals surface area contributed by atoms with Crippen molar-refractivity contribution in [3.63, 3.8) is 0 Å². The molecule has 3 rings (SSSR count). The van der Waals surface area contributed by atoms with E-state index in [1.165, 1.54) is 19.1 Å². The quantitative estimate of drug-likeness (QED) is 0.524. The molecule has 1 amide bonds. The number of nitrogens with one attached hydrogen (secondary N) is 1. The van der Waals surface area contributed by atoms with Gasteiger partial charge in [-0.15, -0.1) is 0 Å². The molecule has 0 bridgehead atoms. The third kappa shape index (κ3) is 3.50. The number of carbonyl (C=O) groups excluding carboxylic acids is 2. The van der Waals surface area contributed by atoms with Gasteiger partial charge in [0.15, 0.2) is 0 Å². The summed E-state index contributed by atoms with van der Waals surface area (Å²) in [6.07, 6.45) is -0.200. The van der Waals surface area contributed by atoms with Gasteiger partial charge in [0, 0.05) is 31.0 Å². The molecule has 2 aromatic rings. The molecule has 0 heterocycles. The van der Waals surface area contributed by atoms with E-state index in [0.717, 1.165) is 5.56 Å². The number of benzene rings is 2. The summed E-state index contributed by atoms with van der Waals surface area (Å²) < 4.78 is 5.32. The average Bonchev–Trinajstić information content (AvgIpc) is 2.91. The monoisotopic (exact) mass is 340 g/mol. The molecule has 0 fully saturated rings. The highest BCUT2D eigenvalue weighted by Gasteiger charge is 2.37. The van der Waals surface area contributed by atoms with Gasteiger partial charge in [0.2, 0.25) is 0 Å². The Kier molecular flexibility index (Phi) is 4.47. The van der Waals surface area contributed by atoms with Crippen LogP contribution in [0.3, 0.4) is 0 Å². The van der Waals surface area contributed by atoms with Gasteiger partial charge in [-0.2, -0.15) is 0 Å². The summed E-state index contributed by atoms with van der Waals surface area (Å²) in [4.78, 5) is 34.4. The molecule has 0 saturated carbocycles. The van der Waals surface area contributed by atoms with Crippen LogP contribution in [0.15, 0.2) is 48.5 Å². The Morgan fingerprint density at radius 2 is 1.92 bits per heavy atom. The van der Waals surface area contributed by atoms with E-state index in [9.17, 15) is 19.7 Å². The van der Waals surface area contributed by atoms with E-state index in [1.807, 2.05) is 0 Å². The number of esters is 1. The lowest BCUT2D eigenvalue weighted by Gasteiger charge is -2.21. The Morgan fingerprint density at radius 3 is 2.56 bits per heavy atom. The number of hydrogen-bond donors (Lipinski definition) is 1. The molecule has 0 spiro atoms. The number of nitro benzene ring substituents is 1. The minimum Gasteiger partial charge on any atom is -0.460 e. The van der Waals surface area contributed by atoms with Crippen LogP contribution in [0.4, 0.5) is 5.69 Å². The number of nitrogens with zero attached hydrogens (tertiary/aromatic N) is 1. The summed E-state index contributed by atoms with van der Waals surface area (Å²) in [5.74, 6) is -0.798. The second kappa shape index (κ2) is 6.72. The zero-order valence-electron chi connectivity index (χ0n) is 13.5.